The van der Waals surface area contributed by atoms with Gasteiger partial charge >= 0.3 is 0 Å². The number of amides is 1. The first-order valence-electron chi connectivity index (χ1n) is 9.74. The molecular weight excluding hydrogens is 372 g/mol. The van der Waals surface area contributed by atoms with Gasteiger partial charge in [-0.25, -0.2) is 0 Å². The number of likely N-dealkylation sites (N-methyl/N-ethyl adjacent to an activating group) is 1. The quantitative estimate of drug-likeness (QED) is 0.281. The molecule has 158 valence electrons. The Morgan fingerprint density at radius 2 is 1.96 bits per heavy atom. The molecule has 1 amide bonds. The van der Waals surface area contributed by atoms with Gasteiger partial charge in [0.05, 0.1) is 25.7 Å². The van der Waals surface area contributed by atoms with Crippen LogP contribution in [-0.4, -0.2) is 94.2 Å². The van der Waals surface area contributed by atoms with E-state index in [9.17, 15) is 25.2 Å². The fourth-order valence-corrected chi connectivity index (χ4v) is 4.96. The van der Waals surface area contributed by atoms with E-state index in [1.807, 2.05) is 7.05 Å². The Morgan fingerprint density at radius 3 is 2.52 bits per heavy atom. The van der Waals surface area contributed by atoms with E-state index in [1.54, 1.807) is 6.26 Å². The third-order valence-corrected chi connectivity index (χ3v) is 6.66. The van der Waals surface area contributed by atoms with Crippen LogP contribution < -0.4 is 10.2 Å². The molecule has 0 aliphatic carbocycles. The normalized spacial score (nSPS) is 41.9. The van der Waals surface area contributed by atoms with Crippen molar-refractivity contribution in [3.63, 3.8) is 0 Å². The van der Waals surface area contributed by atoms with E-state index in [4.69, 9.17) is 4.74 Å². The van der Waals surface area contributed by atoms with Crippen LogP contribution >= 0.6 is 11.8 Å². The zero-order valence-corrected chi connectivity index (χ0v) is 17.4. The standard InChI is InChI=1S/C18H34N2O6S/c1-5-6-10-7-11(20(3)8-10)17(25)19-12(9(2)21)16-14(23)13(22)15(24)18(26-16)27-4/h9-16,18,21-24H,5-8H2,1-4H3,(H,19,25)/p+1/t9-,10+,11+,12-,13+,14-,15+,16-,18+/m1/s1. The molecule has 9 heteroatoms. The maximum Gasteiger partial charge on any atom is 0.278 e. The third kappa shape index (κ3) is 5.14. The van der Waals surface area contributed by atoms with Gasteiger partial charge in [0.15, 0.2) is 6.04 Å². The number of carbonyl (C=O) groups is 1. The van der Waals surface area contributed by atoms with Crippen molar-refractivity contribution >= 4 is 17.7 Å². The Hall–Kier alpha value is -0.420. The van der Waals surface area contributed by atoms with Crippen LogP contribution in [0.4, 0.5) is 0 Å². The minimum atomic E-state index is -1.41. The first-order chi connectivity index (χ1) is 12.7. The van der Waals surface area contributed by atoms with E-state index >= 15 is 0 Å². The number of carbonyl (C=O) groups excluding carboxylic acids is 1. The first-order valence-corrected chi connectivity index (χ1v) is 11.0. The summed E-state index contributed by atoms with van der Waals surface area (Å²) in [6.45, 7) is 4.58. The van der Waals surface area contributed by atoms with Crippen molar-refractivity contribution in [1.29, 1.82) is 0 Å². The van der Waals surface area contributed by atoms with E-state index < -0.39 is 42.0 Å². The summed E-state index contributed by atoms with van der Waals surface area (Å²) in [6.07, 6.45) is -1.39. The number of quaternary nitrogens is 1. The average Bonchev–Trinajstić information content (AvgIpc) is 2.99. The second-order valence-corrected chi connectivity index (χ2v) is 8.88. The summed E-state index contributed by atoms with van der Waals surface area (Å²) >= 11 is 1.20. The third-order valence-electron chi connectivity index (χ3n) is 5.81. The second kappa shape index (κ2) is 9.87. The summed E-state index contributed by atoms with van der Waals surface area (Å²) in [4.78, 5) is 14.0. The van der Waals surface area contributed by atoms with Gasteiger partial charge in [-0.05, 0) is 19.6 Å². The van der Waals surface area contributed by atoms with Gasteiger partial charge in [0.25, 0.3) is 5.91 Å². The molecule has 0 spiro atoms. The number of ether oxygens (including phenoxy) is 1. The van der Waals surface area contributed by atoms with Gasteiger partial charge < -0.3 is 35.4 Å². The summed E-state index contributed by atoms with van der Waals surface area (Å²) in [5, 5.41) is 43.6. The van der Waals surface area contributed by atoms with Gasteiger partial charge in [0, 0.05) is 12.3 Å². The Labute approximate surface area is 165 Å². The van der Waals surface area contributed by atoms with Crippen molar-refractivity contribution in [1.82, 2.24) is 5.32 Å². The Balaban J connectivity index is 2.09. The molecule has 1 unspecified atom stereocenters. The predicted octanol–water partition coefficient (Wildman–Crippen LogP) is -2.27. The van der Waals surface area contributed by atoms with E-state index in [2.05, 4.69) is 12.2 Å². The monoisotopic (exact) mass is 407 g/mol. The number of likely N-dealkylation sites (tertiary alicyclic amines) is 1. The lowest BCUT2D eigenvalue weighted by Gasteiger charge is -2.44. The number of rotatable bonds is 7. The molecule has 0 radical (unpaired) electrons. The largest absolute Gasteiger partial charge is 0.391 e. The van der Waals surface area contributed by atoms with Crippen molar-refractivity contribution in [2.75, 3.05) is 19.8 Å². The van der Waals surface area contributed by atoms with Crippen LogP contribution in [0, 0.1) is 5.92 Å². The number of aliphatic hydroxyl groups is 4. The summed E-state index contributed by atoms with van der Waals surface area (Å²) in [7, 11) is 1.99. The van der Waals surface area contributed by atoms with Gasteiger partial charge in [-0.2, -0.15) is 0 Å². The molecule has 2 heterocycles. The smallest absolute Gasteiger partial charge is 0.278 e. The Bertz CT molecular complexity index is 494. The molecule has 8 nitrogen and oxygen atoms in total. The topological polar surface area (TPSA) is 124 Å². The average molecular weight is 408 g/mol. The minimum Gasteiger partial charge on any atom is -0.391 e. The van der Waals surface area contributed by atoms with Crippen LogP contribution in [-0.2, 0) is 9.53 Å². The van der Waals surface area contributed by atoms with Gasteiger partial charge in [-0.1, -0.05) is 13.3 Å². The molecule has 2 rings (SSSR count). The van der Waals surface area contributed by atoms with Crippen LogP contribution in [0.25, 0.3) is 0 Å². The number of hydrogen-bond donors (Lipinski definition) is 6. The van der Waals surface area contributed by atoms with Gasteiger partial charge in [0.1, 0.15) is 29.9 Å². The van der Waals surface area contributed by atoms with Crippen LogP contribution in [0.3, 0.4) is 0 Å². The van der Waals surface area contributed by atoms with E-state index in [0.29, 0.717) is 5.92 Å². The fraction of sp³-hybridized carbons (Fsp3) is 0.944. The molecule has 2 saturated heterocycles. The molecule has 0 aromatic heterocycles. The predicted molar refractivity (Wildman–Crippen MR) is 102 cm³/mol. The highest BCUT2D eigenvalue weighted by molar-refractivity contribution is 7.99. The molecule has 0 saturated carbocycles. The summed E-state index contributed by atoms with van der Waals surface area (Å²) in [6, 6.07) is -1.10. The zero-order chi connectivity index (χ0) is 20.3. The highest BCUT2D eigenvalue weighted by Gasteiger charge is 2.49. The molecule has 0 aromatic carbocycles. The Morgan fingerprint density at radius 1 is 1.30 bits per heavy atom. The highest BCUT2D eigenvalue weighted by atomic mass is 32.2. The lowest BCUT2D eigenvalue weighted by Crippen LogP contribution is -3.12. The van der Waals surface area contributed by atoms with Crippen molar-refractivity contribution < 1.29 is 34.9 Å². The van der Waals surface area contributed by atoms with E-state index in [-0.39, 0.29) is 11.9 Å². The maximum atomic E-state index is 12.9. The molecule has 0 aromatic rings. The summed E-state index contributed by atoms with van der Waals surface area (Å²) < 4.78 is 5.73. The lowest BCUT2D eigenvalue weighted by molar-refractivity contribution is -0.884. The highest BCUT2D eigenvalue weighted by Crippen LogP contribution is 2.29. The van der Waals surface area contributed by atoms with E-state index in [1.165, 1.54) is 18.7 Å². The van der Waals surface area contributed by atoms with Crippen LogP contribution in [0.5, 0.6) is 0 Å². The fourth-order valence-electron chi connectivity index (χ4n) is 4.28. The van der Waals surface area contributed by atoms with E-state index in [0.717, 1.165) is 30.7 Å². The van der Waals surface area contributed by atoms with Crippen LogP contribution in [0.2, 0.25) is 0 Å². The first kappa shape index (κ1) is 22.9. The van der Waals surface area contributed by atoms with Crippen molar-refractivity contribution in [3.8, 4) is 0 Å². The summed E-state index contributed by atoms with van der Waals surface area (Å²) in [5.41, 5.74) is -0.750. The SMILES string of the molecule is CCC[C@H]1C[C@@H](C(=O)N[C@@H]([C@H]2O[C@@H](SC)[C@@H](O)[C@@H](O)[C@H]2O)[C@@H](C)O)[NH+](C)C1. The number of aliphatic hydroxyl groups excluding tert-OH is 4. The molecule has 2 aliphatic heterocycles. The maximum absolute atomic E-state index is 12.9. The van der Waals surface area contributed by atoms with Gasteiger partial charge in [-0.15, -0.1) is 11.8 Å². The zero-order valence-electron chi connectivity index (χ0n) is 16.5. The minimum absolute atomic E-state index is 0.186. The number of nitrogens with one attached hydrogen (secondary N) is 2. The van der Waals surface area contributed by atoms with Crippen LogP contribution in [0.15, 0.2) is 0 Å². The second-order valence-electron chi connectivity index (χ2n) is 7.95. The molecule has 27 heavy (non-hydrogen) atoms. The molecule has 2 fully saturated rings. The molecule has 10 atom stereocenters. The van der Waals surface area contributed by atoms with Crippen molar-refractivity contribution in [2.24, 2.45) is 5.92 Å². The number of hydrogen-bond acceptors (Lipinski definition) is 7. The van der Waals surface area contributed by atoms with Crippen molar-refractivity contribution in [2.45, 2.75) is 81.1 Å². The molecule has 0 bridgehead atoms. The molecule has 2 aliphatic rings. The van der Waals surface area contributed by atoms with Crippen LogP contribution in [0.1, 0.15) is 33.1 Å². The Kier molecular flexibility index (Phi) is 8.35. The lowest BCUT2D eigenvalue weighted by atomic mass is 9.92. The summed E-state index contributed by atoms with van der Waals surface area (Å²) in [5.74, 6) is 0.319. The van der Waals surface area contributed by atoms with Gasteiger partial charge in [0.2, 0.25) is 0 Å². The van der Waals surface area contributed by atoms with Gasteiger partial charge in [-0.3, -0.25) is 4.79 Å². The number of thioether (sulfide) groups is 1. The molecular formula is C18H35N2O6S+. The molecule has 6 N–H and O–H groups in total. The van der Waals surface area contributed by atoms with Crippen molar-refractivity contribution in [3.05, 3.63) is 0 Å².